The summed E-state index contributed by atoms with van der Waals surface area (Å²) in [6, 6.07) is 7.25. The Labute approximate surface area is 116 Å². The summed E-state index contributed by atoms with van der Waals surface area (Å²) in [5.41, 5.74) is 2.29. The van der Waals surface area contributed by atoms with Gasteiger partial charge in [0.05, 0.1) is 5.69 Å². The topological polar surface area (TPSA) is 59.0 Å². The van der Waals surface area contributed by atoms with Gasteiger partial charge < -0.3 is 10.6 Å². The van der Waals surface area contributed by atoms with Gasteiger partial charge in [-0.15, -0.1) is 0 Å². The summed E-state index contributed by atoms with van der Waals surface area (Å²) in [6.07, 6.45) is 1.76. The van der Waals surface area contributed by atoms with Crippen LogP contribution in [-0.2, 0) is 6.54 Å². The van der Waals surface area contributed by atoms with Crippen molar-refractivity contribution in [3.63, 3.8) is 0 Å². The Morgan fingerprint density at radius 3 is 2.84 bits per heavy atom. The molecule has 0 saturated heterocycles. The van der Waals surface area contributed by atoms with Gasteiger partial charge in [-0.3, -0.25) is 4.79 Å². The molecular formula is C13H15ClN4O. The quantitative estimate of drug-likeness (QED) is 0.893. The van der Waals surface area contributed by atoms with Gasteiger partial charge >= 0.3 is 0 Å². The van der Waals surface area contributed by atoms with Crippen LogP contribution in [0.25, 0.3) is 5.69 Å². The molecule has 5 nitrogen and oxygen atoms in total. The highest BCUT2D eigenvalue weighted by Crippen LogP contribution is 2.19. The Morgan fingerprint density at radius 2 is 2.16 bits per heavy atom. The van der Waals surface area contributed by atoms with Crippen LogP contribution in [0.5, 0.6) is 0 Å². The number of nitrogens with zero attached hydrogens (tertiary/aromatic N) is 2. The summed E-state index contributed by atoms with van der Waals surface area (Å²) in [4.78, 5) is 11.5. The van der Waals surface area contributed by atoms with Crippen LogP contribution in [0, 0.1) is 0 Å². The van der Waals surface area contributed by atoms with Gasteiger partial charge in [-0.2, -0.15) is 5.10 Å². The van der Waals surface area contributed by atoms with Crippen molar-refractivity contribution in [1.29, 1.82) is 0 Å². The number of amides is 1. The second kappa shape index (κ2) is 5.86. The third kappa shape index (κ3) is 2.94. The van der Waals surface area contributed by atoms with Crippen molar-refractivity contribution in [3.8, 4) is 5.69 Å². The van der Waals surface area contributed by atoms with E-state index in [9.17, 15) is 4.79 Å². The molecule has 0 atom stereocenters. The van der Waals surface area contributed by atoms with Gasteiger partial charge in [-0.05, 0) is 36.9 Å². The first kappa shape index (κ1) is 13.6. The van der Waals surface area contributed by atoms with E-state index in [1.54, 1.807) is 30.1 Å². The zero-order valence-corrected chi connectivity index (χ0v) is 11.5. The third-order valence-electron chi connectivity index (χ3n) is 2.70. The number of hydrogen-bond acceptors (Lipinski definition) is 3. The smallest absolute Gasteiger partial charge is 0.271 e. The fourth-order valence-electron chi connectivity index (χ4n) is 1.82. The fraction of sp³-hybridized carbons (Fsp3) is 0.231. The summed E-state index contributed by atoms with van der Waals surface area (Å²) in [5.74, 6) is -0.206. The van der Waals surface area contributed by atoms with Crippen molar-refractivity contribution in [3.05, 3.63) is 46.7 Å². The van der Waals surface area contributed by atoms with E-state index in [4.69, 9.17) is 11.6 Å². The molecule has 1 aromatic heterocycles. The van der Waals surface area contributed by atoms with Gasteiger partial charge in [-0.25, -0.2) is 4.68 Å². The number of carbonyl (C=O) groups is 1. The highest BCUT2D eigenvalue weighted by molar-refractivity contribution is 6.30. The Morgan fingerprint density at radius 1 is 1.37 bits per heavy atom. The van der Waals surface area contributed by atoms with E-state index in [1.165, 1.54) is 0 Å². The lowest BCUT2D eigenvalue weighted by Gasteiger charge is -2.09. The predicted molar refractivity (Wildman–Crippen MR) is 74.7 cm³/mol. The maximum absolute atomic E-state index is 11.5. The van der Waals surface area contributed by atoms with E-state index in [2.05, 4.69) is 15.7 Å². The molecule has 0 aliphatic carbocycles. The second-order valence-corrected chi connectivity index (χ2v) is 4.46. The lowest BCUT2D eigenvalue weighted by atomic mass is 10.2. The Hall–Kier alpha value is -1.85. The molecule has 0 spiro atoms. The Balaban J connectivity index is 2.40. The van der Waals surface area contributed by atoms with Crippen molar-refractivity contribution in [1.82, 2.24) is 20.4 Å². The maximum Gasteiger partial charge on any atom is 0.271 e. The van der Waals surface area contributed by atoms with Crippen molar-refractivity contribution in [2.24, 2.45) is 0 Å². The van der Waals surface area contributed by atoms with Crippen LogP contribution in [0.2, 0.25) is 5.02 Å². The van der Waals surface area contributed by atoms with Gasteiger partial charge in [-0.1, -0.05) is 11.6 Å². The molecule has 0 radical (unpaired) electrons. The highest BCUT2D eigenvalue weighted by atomic mass is 35.5. The maximum atomic E-state index is 11.5. The number of rotatable bonds is 4. The first-order chi connectivity index (χ1) is 9.15. The number of benzene rings is 1. The van der Waals surface area contributed by atoms with Crippen LogP contribution in [0.4, 0.5) is 0 Å². The van der Waals surface area contributed by atoms with Crippen LogP contribution in [0.1, 0.15) is 16.1 Å². The highest BCUT2D eigenvalue weighted by Gasteiger charge is 2.10. The van der Waals surface area contributed by atoms with Gasteiger partial charge in [0, 0.05) is 24.8 Å². The molecular weight excluding hydrogens is 264 g/mol. The molecule has 2 N–H and O–H groups in total. The number of carbonyl (C=O) groups excluding carboxylic acids is 1. The van der Waals surface area contributed by atoms with Crippen molar-refractivity contribution in [2.75, 3.05) is 14.1 Å². The Kier molecular flexibility index (Phi) is 4.19. The van der Waals surface area contributed by atoms with E-state index in [0.29, 0.717) is 17.3 Å². The molecule has 0 aliphatic heterocycles. The van der Waals surface area contributed by atoms with E-state index in [-0.39, 0.29) is 5.91 Å². The third-order valence-corrected chi connectivity index (χ3v) is 2.94. The number of aromatic nitrogens is 2. The van der Waals surface area contributed by atoms with Gasteiger partial charge in [0.15, 0.2) is 5.69 Å². The van der Waals surface area contributed by atoms with Crippen LogP contribution < -0.4 is 10.6 Å². The largest absolute Gasteiger partial charge is 0.354 e. The van der Waals surface area contributed by atoms with Crippen LogP contribution >= 0.6 is 11.6 Å². The SMILES string of the molecule is CNCc1cc(Cl)ccc1-n1ccc(C(=O)NC)n1. The first-order valence-corrected chi connectivity index (χ1v) is 6.24. The molecule has 0 aliphatic rings. The summed E-state index contributed by atoms with van der Waals surface area (Å²) >= 11 is 6.00. The first-order valence-electron chi connectivity index (χ1n) is 5.87. The fourth-order valence-corrected chi connectivity index (χ4v) is 2.01. The van der Waals surface area contributed by atoms with E-state index in [0.717, 1.165) is 11.3 Å². The summed E-state index contributed by atoms with van der Waals surface area (Å²) in [5, 5.41) is 10.6. The molecule has 6 heteroatoms. The van der Waals surface area contributed by atoms with Gasteiger partial charge in [0.1, 0.15) is 0 Å². The summed E-state index contributed by atoms with van der Waals surface area (Å²) < 4.78 is 1.67. The molecule has 100 valence electrons. The predicted octanol–water partition coefficient (Wildman–Crippen LogP) is 1.60. The average Bonchev–Trinajstić information content (AvgIpc) is 2.88. The second-order valence-electron chi connectivity index (χ2n) is 4.03. The zero-order valence-electron chi connectivity index (χ0n) is 10.8. The van der Waals surface area contributed by atoms with Crippen LogP contribution in [-0.4, -0.2) is 29.8 Å². The molecule has 1 heterocycles. The number of hydrogen-bond donors (Lipinski definition) is 2. The summed E-state index contributed by atoms with van der Waals surface area (Å²) in [7, 11) is 3.44. The molecule has 2 rings (SSSR count). The van der Waals surface area contributed by atoms with E-state index >= 15 is 0 Å². The molecule has 2 aromatic rings. The lowest BCUT2D eigenvalue weighted by molar-refractivity contribution is 0.0957. The number of nitrogens with one attached hydrogen (secondary N) is 2. The van der Waals surface area contributed by atoms with Crippen molar-refractivity contribution in [2.45, 2.75) is 6.54 Å². The minimum atomic E-state index is -0.206. The normalized spacial score (nSPS) is 10.5. The zero-order chi connectivity index (χ0) is 13.8. The monoisotopic (exact) mass is 278 g/mol. The van der Waals surface area contributed by atoms with Crippen molar-refractivity contribution >= 4 is 17.5 Å². The van der Waals surface area contributed by atoms with Gasteiger partial charge in [0.25, 0.3) is 5.91 Å². The standard InChI is InChI=1S/C13H15ClN4O/c1-15-8-9-7-10(14)3-4-12(9)18-6-5-11(17-18)13(19)16-2/h3-7,15H,8H2,1-2H3,(H,16,19). The molecule has 1 aromatic carbocycles. The minimum Gasteiger partial charge on any atom is -0.354 e. The van der Waals surface area contributed by atoms with Crippen LogP contribution in [0.3, 0.4) is 0 Å². The molecule has 0 bridgehead atoms. The molecule has 19 heavy (non-hydrogen) atoms. The average molecular weight is 279 g/mol. The van der Waals surface area contributed by atoms with Gasteiger partial charge in [0.2, 0.25) is 0 Å². The minimum absolute atomic E-state index is 0.206. The van der Waals surface area contributed by atoms with E-state index in [1.807, 2.05) is 19.2 Å². The Bertz CT molecular complexity index is 594. The lowest BCUT2D eigenvalue weighted by Crippen LogP contribution is -2.18. The molecule has 0 unspecified atom stereocenters. The molecule has 1 amide bonds. The van der Waals surface area contributed by atoms with Crippen LogP contribution in [0.15, 0.2) is 30.5 Å². The molecule has 0 saturated carbocycles. The molecule has 0 fully saturated rings. The van der Waals surface area contributed by atoms with E-state index < -0.39 is 0 Å². The summed E-state index contributed by atoms with van der Waals surface area (Å²) in [6.45, 7) is 0.672. The van der Waals surface area contributed by atoms with Crippen molar-refractivity contribution < 1.29 is 4.79 Å². The number of halogens is 1.